The molecule has 0 aliphatic carbocycles. The number of hydrogen-bond acceptors (Lipinski definition) is 8. The Morgan fingerprint density at radius 3 is 0.980 bits per heavy atom. The first-order valence-electron chi connectivity index (χ1n) is 51.3. The van der Waals surface area contributed by atoms with Gasteiger partial charge in [0.1, 0.15) is 17.1 Å². The van der Waals surface area contributed by atoms with Crippen LogP contribution >= 0.6 is 45.3 Å². The van der Waals surface area contributed by atoms with Gasteiger partial charge in [-0.15, -0.1) is 45.3 Å². The summed E-state index contributed by atoms with van der Waals surface area (Å²) in [5.41, 5.74) is 33.9. The second-order valence-electron chi connectivity index (χ2n) is 42.0. The molecule has 0 unspecified atom stereocenters. The van der Waals surface area contributed by atoms with Crippen molar-refractivity contribution in [3.05, 3.63) is 397 Å². The van der Waals surface area contributed by atoms with Crippen LogP contribution in [0.3, 0.4) is 0 Å². The zero-order chi connectivity index (χ0) is 102. The molecule has 12 heterocycles. The molecule has 148 heavy (non-hydrogen) atoms. The summed E-state index contributed by atoms with van der Waals surface area (Å²) in [5, 5.41) is 14.0. The Hall–Kier alpha value is -15.1. The van der Waals surface area contributed by atoms with Crippen LogP contribution in [-0.2, 0) is 28.2 Å². The summed E-state index contributed by atoms with van der Waals surface area (Å²) in [6.45, 7) is 37.3. The highest BCUT2D eigenvalue weighted by Gasteiger charge is 2.42. The third kappa shape index (κ3) is 16.2. The van der Waals surface area contributed by atoms with Gasteiger partial charge in [0.15, 0.2) is 49.8 Å². The molecule has 14 aromatic carbocycles. The normalized spacial score (nSPS) is 12.0. The molecule has 728 valence electrons. The number of fused-ring (bicyclic) bond motifs is 16. The Kier molecular flexibility index (Phi) is 24.9. The fraction of sp³-hybridized carbons (Fsp3) is 0.169. The maximum absolute atomic E-state index is 4.72. The highest BCUT2D eigenvalue weighted by atomic mass is 32.1. The maximum atomic E-state index is 4.72. The van der Waals surface area contributed by atoms with Gasteiger partial charge in [0.2, 0.25) is 0 Å². The second kappa shape index (κ2) is 38.3. The van der Waals surface area contributed by atoms with Crippen molar-refractivity contribution in [3.8, 4) is 90.6 Å². The predicted molar refractivity (Wildman–Crippen MR) is 636 cm³/mol. The third-order valence-electron chi connectivity index (χ3n) is 29.9. The van der Waals surface area contributed by atoms with E-state index in [1.165, 1.54) is 209 Å². The van der Waals surface area contributed by atoms with Crippen LogP contribution in [0.25, 0.3) is 215 Å². The molecule has 0 bridgehead atoms. The van der Waals surface area contributed by atoms with E-state index in [9.17, 15) is 0 Å². The zero-order valence-electron chi connectivity index (χ0n) is 87.6. The van der Waals surface area contributed by atoms with E-state index in [1.54, 1.807) is 5.19 Å². The first-order valence-corrected chi connectivity index (χ1v) is 61.5. The number of aryl methyl sites for hydroxylation is 10. The van der Waals surface area contributed by atoms with E-state index in [4.69, 9.17) is 9.97 Å². The number of nitrogens with zero attached hydrogens (tertiary/aromatic N) is 12. The van der Waals surface area contributed by atoms with Crippen molar-refractivity contribution in [2.75, 3.05) is 0 Å². The van der Waals surface area contributed by atoms with E-state index in [-0.39, 0.29) is 0 Å². The number of para-hydroxylation sites is 8. The smallest absolute Gasteiger partial charge is 0.261 e. The van der Waals surface area contributed by atoms with Gasteiger partial charge < -0.3 is 0 Å². The van der Waals surface area contributed by atoms with Crippen LogP contribution in [0, 0.1) is 41.5 Å². The van der Waals surface area contributed by atoms with E-state index in [0.29, 0.717) is 11.8 Å². The van der Waals surface area contributed by atoms with Gasteiger partial charge in [-0.2, -0.15) is 18.3 Å². The fourth-order valence-electron chi connectivity index (χ4n) is 23.0. The molecule has 12 nitrogen and oxygen atoms in total. The molecule has 18 heteroatoms. The van der Waals surface area contributed by atoms with Crippen molar-refractivity contribution < 1.29 is 18.3 Å². The molecule has 12 aromatic heterocycles. The molecule has 0 saturated carbocycles. The van der Waals surface area contributed by atoms with Crippen LogP contribution in [0.1, 0.15) is 84.6 Å². The Labute approximate surface area is 882 Å². The monoisotopic (exact) mass is 2030 g/mol. The summed E-state index contributed by atoms with van der Waals surface area (Å²) in [6.07, 6.45) is 7.52. The van der Waals surface area contributed by atoms with Crippen LogP contribution in [0.5, 0.6) is 0 Å². The number of thiophene rings is 4. The van der Waals surface area contributed by atoms with Crippen molar-refractivity contribution in [1.82, 2.24) is 38.2 Å². The average Bonchev–Trinajstić information content (AvgIpc) is 1.55. The minimum atomic E-state index is -1.83. The van der Waals surface area contributed by atoms with E-state index in [2.05, 4.69) is 493 Å². The molecular formula is C130H120N12S4Si2+4. The molecule has 0 amide bonds. The quantitative estimate of drug-likeness (QED) is 0.0802. The van der Waals surface area contributed by atoms with Crippen molar-refractivity contribution in [2.45, 2.75) is 120 Å². The van der Waals surface area contributed by atoms with E-state index >= 15 is 0 Å². The number of pyridine rings is 4. The molecule has 0 radical (unpaired) electrons. The first-order chi connectivity index (χ1) is 71.6. The summed E-state index contributed by atoms with van der Waals surface area (Å²) in [5.74, 6) is 5.38. The Balaban J connectivity index is 0.000000109. The van der Waals surface area contributed by atoms with Crippen LogP contribution < -0.4 is 28.6 Å². The molecule has 0 N–H and O–H groups in total. The van der Waals surface area contributed by atoms with Crippen LogP contribution in [0.2, 0.25) is 39.3 Å². The number of hydrogen-bond donors (Lipinski definition) is 0. The largest absolute Gasteiger partial charge is 0.296 e. The first kappa shape index (κ1) is 96.3. The Morgan fingerprint density at radius 1 is 0.270 bits per heavy atom. The van der Waals surface area contributed by atoms with E-state index in [0.717, 1.165) is 56.6 Å². The van der Waals surface area contributed by atoms with Gasteiger partial charge in [0, 0.05) is 138 Å². The van der Waals surface area contributed by atoms with Crippen LogP contribution in [0.4, 0.5) is 0 Å². The predicted octanol–water partition coefficient (Wildman–Crippen LogP) is 32.1. The number of aromatic nitrogens is 12. The molecule has 0 saturated heterocycles. The van der Waals surface area contributed by atoms with Crippen molar-refractivity contribution >= 4 is 197 Å². The van der Waals surface area contributed by atoms with E-state index < -0.39 is 16.1 Å². The Morgan fingerprint density at radius 2 is 0.595 bits per heavy atom. The van der Waals surface area contributed by atoms with Gasteiger partial charge in [-0.3, -0.25) is 19.9 Å². The average molecular weight is 2030 g/mol. The zero-order valence-corrected chi connectivity index (χ0v) is 92.9. The number of imidazole rings is 4. The second-order valence-corrected chi connectivity index (χ2v) is 56.3. The molecule has 0 aliphatic heterocycles. The van der Waals surface area contributed by atoms with E-state index in [1.807, 2.05) is 88.3 Å². The van der Waals surface area contributed by atoms with Crippen molar-refractivity contribution in [3.63, 3.8) is 0 Å². The van der Waals surface area contributed by atoms with Gasteiger partial charge in [-0.1, -0.05) is 249 Å². The highest BCUT2D eigenvalue weighted by molar-refractivity contribution is 7.28. The lowest BCUT2D eigenvalue weighted by Gasteiger charge is -2.28. The molecule has 0 fully saturated rings. The summed E-state index contributed by atoms with van der Waals surface area (Å²) in [4.78, 5) is 18.7. The summed E-state index contributed by atoms with van der Waals surface area (Å²) in [7, 11) is 5.11. The maximum Gasteiger partial charge on any atom is 0.296 e. The summed E-state index contributed by atoms with van der Waals surface area (Å²) >= 11 is 7.68. The number of rotatable bonds is 14. The minimum Gasteiger partial charge on any atom is -0.261 e. The summed E-state index contributed by atoms with van der Waals surface area (Å²) < 4.78 is 30.3. The fourth-order valence-corrected chi connectivity index (χ4v) is 32.5. The standard InChI is InChI=1S/C38H28N3S.C32H36N3SSi2.C32H32N3S.C28H24N3S/c1-25-28(19-13-23-39-25)38-40(2)32-20-10-11-21-33(32)41(38)36-30(26-14-5-3-6-15-26)24-31-29-18-9-12-22-34(29)42-37(31)35(36)27-16-7-4-8-17-27;1-21-22(15-13-19-33-21)32-34(2)25-16-10-11-17-26(25)35(32)29-28(37(3,4)5)20-24-23-14-9-12-18-27(23)36-30(24)31(29)38(6,7)8;1-19(2)24-18-25-23-12-7-10-16-28(23)36-31(25)29(20(3)4)30(24)35-27-15-9-8-14-26(27)34(6)32(35)22-13-11-17-33-21(22)5;1-17-16-22-21-10-5-8-14-25(21)32-27(22)18(2)26(17)31-24-13-7-6-12-23(24)30(4)28(31)20-11-9-15-29-19(20)3/h3-24H,1-2H3;9-20H,1-8H3;7-20H,1-6H3;5-16H,1-4H3/q4*+1. The van der Waals surface area contributed by atoms with Crippen LogP contribution in [-0.4, -0.2) is 54.4 Å². The SMILES string of the molecule is Cc1cc2c(sc3ccccc32)c(C)c1-n1c(-c2cccnc2C)[n+](C)c2ccccc21.Cc1ncccc1-c1n(-c2c(-c3ccccc3)cc3c(sc4ccccc43)c2-c2ccccc2)c2ccccc2[n+]1C.Cc1ncccc1-c1n(-c2c(C(C)C)cc3c(sc4ccccc43)c2C(C)C)c2ccccc2[n+]1C.Cc1ncccc1-c1n(-c2c([Si](C)(C)C)cc3c(sc4ccccc43)c2[Si](C)(C)C)c2ccccc2[n+]1C. The van der Waals surface area contributed by atoms with Crippen molar-refractivity contribution in [2.24, 2.45) is 28.2 Å². The lowest BCUT2D eigenvalue weighted by molar-refractivity contribution is -0.634. The third-order valence-corrected chi connectivity index (χ3v) is 39.0. The summed E-state index contributed by atoms with van der Waals surface area (Å²) in [6, 6.07) is 119. The van der Waals surface area contributed by atoms with Crippen molar-refractivity contribution in [1.29, 1.82) is 0 Å². The highest BCUT2D eigenvalue weighted by Crippen LogP contribution is 2.52. The van der Waals surface area contributed by atoms with Gasteiger partial charge in [0.05, 0.1) is 89.4 Å². The minimum absolute atomic E-state index is 0.364. The lowest BCUT2D eigenvalue weighted by Crippen LogP contribution is -2.49. The van der Waals surface area contributed by atoms with Gasteiger partial charge in [0.25, 0.3) is 23.3 Å². The Bertz CT molecular complexity index is 9790. The molecule has 26 aromatic rings. The molecule has 0 aliphatic rings. The topological polar surface area (TPSA) is 86.8 Å². The van der Waals surface area contributed by atoms with Gasteiger partial charge in [-0.25, -0.2) is 18.3 Å². The molecular weight excluding hydrogens is 1910 g/mol. The van der Waals surface area contributed by atoms with Crippen LogP contribution in [0.15, 0.2) is 352 Å². The van der Waals surface area contributed by atoms with Gasteiger partial charge in [-0.05, 0) is 221 Å². The molecule has 26 rings (SSSR count). The van der Waals surface area contributed by atoms with Gasteiger partial charge >= 0.3 is 0 Å². The molecule has 0 spiro atoms. The number of benzene rings is 14. The molecule has 0 atom stereocenters. The lowest BCUT2D eigenvalue weighted by atomic mass is 9.90.